The van der Waals surface area contributed by atoms with Crippen LogP contribution in [-0.2, 0) is 6.54 Å². The summed E-state index contributed by atoms with van der Waals surface area (Å²) in [6.45, 7) is 5.61. The van der Waals surface area contributed by atoms with Crippen molar-refractivity contribution in [1.82, 2.24) is 5.32 Å². The van der Waals surface area contributed by atoms with E-state index in [9.17, 15) is 0 Å². The molecular formula is C17H27BrN2O. The van der Waals surface area contributed by atoms with Gasteiger partial charge >= 0.3 is 0 Å². The molecule has 1 aromatic carbocycles. The number of aliphatic hydroxyl groups excluding tert-OH is 1. The molecule has 0 spiro atoms. The lowest BCUT2D eigenvalue weighted by molar-refractivity contribution is 0.279. The van der Waals surface area contributed by atoms with E-state index in [2.05, 4.69) is 51.3 Å². The fourth-order valence-electron chi connectivity index (χ4n) is 3.08. The summed E-state index contributed by atoms with van der Waals surface area (Å²) >= 11 is 3.74. The van der Waals surface area contributed by atoms with Crippen LogP contribution in [0.2, 0.25) is 0 Å². The van der Waals surface area contributed by atoms with Crippen molar-refractivity contribution in [3.8, 4) is 0 Å². The van der Waals surface area contributed by atoms with Gasteiger partial charge in [-0.05, 0) is 72.3 Å². The maximum atomic E-state index is 9.04. The Morgan fingerprint density at radius 3 is 3.00 bits per heavy atom. The van der Waals surface area contributed by atoms with Crippen LogP contribution < -0.4 is 10.2 Å². The Balaban J connectivity index is 2.02. The Morgan fingerprint density at radius 2 is 2.29 bits per heavy atom. The van der Waals surface area contributed by atoms with E-state index in [1.165, 1.54) is 35.0 Å². The van der Waals surface area contributed by atoms with Crippen molar-refractivity contribution in [1.29, 1.82) is 0 Å². The molecule has 1 aliphatic heterocycles. The van der Waals surface area contributed by atoms with E-state index in [-0.39, 0.29) is 0 Å². The monoisotopic (exact) mass is 354 g/mol. The molecule has 118 valence electrons. The highest BCUT2D eigenvalue weighted by molar-refractivity contribution is 9.10. The van der Waals surface area contributed by atoms with E-state index in [1.54, 1.807) is 0 Å². The van der Waals surface area contributed by atoms with Gasteiger partial charge in [-0.15, -0.1) is 0 Å². The highest BCUT2D eigenvalue weighted by Crippen LogP contribution is 2.34. The summed E-state index contributed by atoms with van der Waals surface area (Å²) in [5.74, 6) is 0. The normalized spacial score (nSPS) is 18.4. The first-order valence-corrected chi connectivity index (χ1v) is 8.92. The number of anilines is 1. The van der Waals surface area contributed by atoms with Gasteiger partial charge in [-0.2, -0.15) is 0 Å². The molecule has 0 bridgehead atoms. The molecule has 0 aliphatic carbocycles. The lowest BCUT2D eigenvalue weighted by Crippen LogP contribution is -2.29. The van der Waals surface area contributed by atoms with Crippen LogP contribution in [0.15, 0.2) is 22.7 Å². The number of nitrogens with one attached hydrogen (secondary N) is 1. The van der Waals surface area contributed by atoms with E-state index in [0.717, 1.165) is 32.5 Å². The van der Waals surface area contributed by atoms with Crippen molar-refractivity contribution in [2.75, 3.05) is 24.6 Å². The summed E-state index contributed by atoms with van der Waals surface area (Å²) in [6.07, 6.45) is 5.65. The number of rotatable bonds is 8. The molecule has 1 aromatic rings. The molecule has 2 N–H and O–H groups in total. The Kier molecular flexibility index (Phi) is 7.00. The van der Waals surface area contributed by atoms with Crippen molar-refractivity contribution < 1.29 is 5.11 Å². The summed E-state index contributed by atoms with van der Waals surface area (Å²) in [4.78, 5) is 2.50. The van der Waals surface area contributed by atoms with Crippen molar-refractivity contribution in [2.45, 2.75) is 51.6 Å². The van der Waals surface area contributed by atoms with Gasteiger partial charge in [-0.1, -0.05) is 13.0 Å². The molecule has 1 unspecified atom stereocenters. The maximum absolute atomic E-state index is 9.04. The van der Waals surface area contributed by atoms with Gasteiger partial charge in [0, 0.05) is 30.2 Å². The molecule has 4 heteroatoms. The number of aliphatic hydroxyl groups is 1. The molecule has 1 saturated heterocycles. The Hall–Kier alpha value is -0.580. The molecule has 1 fully saturated rings. The van der Waals surface area contributed by atoms with Gasteiger partial charge in [0.2, 0.25) is 0 Å². The van der Waals surface area contributed by atoms with Crippen LogP contribution in [0.4, 0.5) is 5.69 Å². The quantitative estimate of drug-likeness (QED) is 0.698. The Labute approximate surface area is 136 Å². The molecule has 0 amide bonds. The van der Waals surface area contributed by atoms with Crippen molar-refractivity contribution in [2.24, 2.45) is 0 Å². The van der Waals surface area contributed by atoms with E-state index >= 15 is 0 Å². The highest BCUT2D eigenvalue weighted by Gasteiger charge is 2.25. The minimum absolute atomic E-state index is 0.299. The molecule has 1 aliphatic rings. The van der Waals surface area contributed by atoms with Crippen LogP contribution in [0.5, 0.6) is 0 Å². The molecule has 1 atom stereocenters. The van der Waals surface area contributed by atoms with Gasteiger partial charge in [0.25, 0.3) is 0 Å². The topological polar surface area (TPSA) is 35.5 Å². The average Bonchev–Trinajstić information content (AvgIpc) is 2.94. The van der Waals surface area contributed by atoms with Crippen LogP contribution in [0.1, 0.15) is 44.6 Å². The second kappa shape index (κ2) is 8.76. The Bertz CT molecular complexity index is 439. The fourth-order valence-corrected chi connectivity index (χ4v) is 3.74. The molecule has 3 nitrogen and oxygen atoms in total. The largest absolute Gasteiger partial charge is 0.396 e. The lowest BCUT2D eigenvalue weighted by atomic mass is 10.1. The number of hydrogen-bond acceptors (Lipinski definition) is 3. The van der Waals surface area contributed by atoms with Crippen molar-refractivity contribution >= 4 is 21.6 Å². The summed E-state index contributed by atoms with van der Waals surface area (Å²) in [5, 5.41) is 12.5. The molecule has 1 heterocycles. The van der Waals surface area contributed by atoms with Crippen LogP contribution in [0.3, 0.4) is 0 Å². The van der Waals surface area contributed by atoms with Crippen LogP contribution >= 0.6 is 15.9 Å². The van der Waals surface area contributed by atoms with Gasteiger partial charge in [-0.25, -0.2) is 0 Å². The lowest BCUT2D eigenvalue weighted by Gasteiger charge is -2.28. The van der Waals surface area contributed by atoms with E-state index in [4.69, 9.17) is 5.11 Å². The number of hydrogen-bond donors (Lipinski definition) is 2. The number of halogens is 1. The summed E-state index contributed by atoms with van der Waals surface area (Å²) in [5.41, 5.74) is 2.62. The average molecular weight is 355 g/mol. The third kappa shape index (κ3) is 4.70. The molecule has 21 heavy (non-hydrogen) atoms. The fraction of sp³-hybridized carbons (Fsp3) is 0.647. The summed E-state index contributed by atoms with van der Waals surface area (Å²) in [7, 11) is 0. The minimum atomic E-state index is 0.299. The zero-order valence-electron chi connectivity index (χ0n) is 12.9. The van der Waals surface area contributed by atoms with Gasteiger partial charge in [0.15, 0.2) is 0 Å². The van der Waals surface area contributed by atoms with Crippen LogP contribution in [-0.4, -0.2) is 30.8 Å². The number of benzene rings is 1. The standard InChI is InChI=1S/C17H27BrN2O/c1-2-9-19-13-14-7-8-17(16(18)12-14)20-10-3-5-15(20)6-4-11-21/h7-8,12,15,19,21H,2-6,9-11,13H2,1H3. The van der Waals surface area contributed by atoms with E-state index in [0.29, 0.717) is 12.6 Å². The van der Waals surface area contributed by atoms with Crippen molar-refractivity contribution in [3.05, 3.63) is 28.2 Å². The zero-order valence-corrected chi connectivity index (χ0v) is 14.5. The van der Waals surface area contributed by atoms with E-state index in [1.807, 2.05) is 0 Å². The van der Waals surface area contributed by atoms with Gasteiger partial charge in [0.05, 0.1) is 5.69 Å². The van der Waals surface area contributed by atoms with Crippen LogP contribution in [0, 0.1) is 0 Å². The predicted molar refractivity (Wildman–Crippen MR) is 92.8 cm³/mol. The highest BCUT2D eigenvalue weighted by atomic mass is 79.9. The van der Waals surface area contributed by atoms with E-state index < -0.39 is 0 Å². The zero-order chi connectivity index (χ0) is 15.1. The second-order valence-corrected chi connectivity index (χ2v) is 6.67. The van der Waals surface area contributed by atoms with Gasteiger partial charge < -0.3 is 15.3 Å². The second-order valence-electron chi connectivity index (χ2n) is 5.82. The third-order valence-electron chi connectivity index (χ3n) is 4.15. The maximum Gasteiger partial charge on any atom is 0.0513 e. The molecule has 0 radical (unpaired) electrons. The molecule has 2 rings (SSSR count). The molecule has 0 aromatic heterocycles. The van der Waals surface area contributed by atoms with Crippen molar-refractivity contribution in [3.63, 3.8) is 0 Å². The molecule has 0 saturated carbocycles. The summed E-state index contributed by atoms with van der Waals surface area (Å²) < 4.78 is 1.19. The van der Waals surface area contributed by atoms with Crippen LogP contribution in [0.25, 0.3) is 0 Å². The molecular weight excluding hydrogens is 328 g/mol. The minimum Gasteiger partial charge on any atom is -0.396 e. The Morgan fingerprint density at radius 1 is 1.43 bits per heavy atom. The SMILES string of the molecule is CCCNCc1ccc(N2CCCC2CCCO)c(Br)c1. The first-order valence-electron chi connectivity index (χ1n) is 8.13. The third-order valence-corrected chi connectivity index (χ3v) is 4.79. The smallest absolute Gasteiger partial charge is 0.0513 e. The summed E-state index contributed by atoms with van der Waals surface area (Å²) in [6, 6.07) is 7.28. The van der Waals surface area contributed by atoms with Gasteiger partial charge in [0.1, 0.15) is 0 Å². The first-order chi connectivity index (χ1) is 10.3. The predicted octanol–water partition coefficient (Wildman–Crippen LogP) is 3.69. The first kappa shape index (κ1) is 16.8. The number of nitrogens with zero attached hydrogens (tertiary/aromatic N) is 1. The van der Waals surface area contributed by atoms with Gasteiger partial charge in [-0.3, -0.25) is 0 Å².